The van der Waals surface area contributed by atoms with Crippen LogP contribution < -0.4 is 14.8 Å². The largest absolute Gasteiger partial charge is 0.454 e. The van der Waals surface area contributed by atoms with E-state index in [9.17, 15) is 4.79 Å². The van der Waals surface area contributed by atoms with E-state index in [1.807, 2.05) is 18.2 Å². The molecule has 0 aromatic heterocycles. The van der Waals surface area contributed by atoms with Gasteiger partial charge in [-0.15, -0.1) is 0 Å². The molecular weight excluding hydrogens is 206 g/mol. The molecule has 0 bridgehead atoms. The van der Waals surface area contributed by atoms with E-state index in [1.165, 1.54) is 0 Å². The first-order valence-corrected chi connectivity index (χ1v) is 5.21. The van der Waals surface area contributed by atoms with Gasteiger partial charge in [-0.25, -0.2) is 0 Å². The number of fused-ring (bicyclic) bond motifs is 1. The summed E-state index contributed by atoms with van der Waals surface area (Å²) >= 11 is 0. The van der Waals surface area contributed by atoms with E-state index in [-0.39, 0.29) is 12.6 Å². The summed E-state index contributed by atoms with van der Waals surface area (Å²) in [5.41, 5.74) is 1.88. The van der Waals surface area contributed by atoms with Crippen LogP contribution in [0.4, 0.5) is 5.69 Å². The maximum Gasteiger partial charge on any atom is 0.231 e. The standard InChI is InChI=1S/C12H11NO3/c14-10-3-1-8(5-10)13-9-2-4-11-12(6-9)16-7-15-11/h2,4-6,13H,1,3,7H2. The van der Waals surface area contributed by atoms with Gasteiger partial charge in [-0.1, -0.05) is 0 Å². The molecule has 0 saturated carbocycles. The molecule has 4 nitrogen and oxygen atoms in total. The van der Waals surface area contributed by atoms with Crippen LogP contribution in [0.15, 0.2) is 30.0 Å². The van der Waals surface area contributed by atoms with Crippen LogP contribution in [-0.4, -0.2) is 12.6 Å². The van der Waals surface area contributed by atoms with Crippen LogP contribution in [0.2, 0.25) is 0 Å². The van der Waals surface area contributed by atoms with Gasteiger partial charge in [-0.05, 0) is 18.6 Å². The van der Waals surface area contributed by atoms with Crippen molar-refractivity contribution in [3.63, 3.8) is 0 Å². The van der Waals surface area contributed by atoms with Gasteiger partial charge in [0.1, 0.15) is 0 Å². The SMILES string of the molecule is O=C1C=C(Nc2ccc3c(c2)OCO3)CC1. The number of nitrogens with one attached hydrogen (secondary N) is 1. The van der Waals surface area contributed by atoms with Crippen molar-refractivity contribution in [1.29, 1.82) is 0 Å². The number of allylic oxidation sites excluding steroid dienone is 2. The molecule has 1 aromatic rings. The Labute approximate surface area is 92.9 Å². The second-order valence-electron chi connectivity index (χ2n) is 3.83. The number of hydrogen-bond donors (Lipinski definition) is 1. The van der Waals surface area contributed by atoms with Crippen molar-refractivity contribution >= 4 is 11.5 Å². The van der Waals surface area contributed by atoms with Crippen LogP contribution in [0.1, 0.15) is 12.8 Å². The van der Waals surface area contributed by atoms with Gasteiger partial charge in [0.2, 0.25) is 6.79 Å². The third-order valence-electron chi connectivity index (χ3n) is 2.65. The molecule has 1 aliphatic heterocycles. The van der Waals surface area contributed by atoms with Crippen LogP contribution in [-0.2, 0) is 4.79 Å². The van der Waals surface area contributed by atoms with E-state index in [4.69, 9.17) is 9.47 Å². The van der Waals surface area contributed by atoms with Crippen molar-refractivity contribution in [2.45, 2.75) is 12.8 Å². The predicted molar refractivity (Wildman–Crippen MR) is 58.5 cm³/mol. The van der Waals surface area contributed by atoms with E-state index in [0.717, 1.165) is 29.3 Å². The van der Waals surface area contributed by atoms with Crippen LogP contribution in [0.25, 0.3) is 0 Å². The summed E-state index contributed by atoms with van der Waals surface area (Å²) in [6, 6.07) is 5.66. The summed E-state index contributed by atoms with van der Waals surface area (Å²) in [4.78, 5) is 11.1. The summed E-state index contributed by atoms with van der Waals surface area (Å²) in [5.74, 6) is 1.69. The van der Waals surface area contributed by atoms with Crippen LogP contribution in [0.5, 0.6) is 11.5 Å². The highest BCUT2D eigenvalue weighted by atomic mass is 16.7. The van der Waals surface area contributed by atoms with Crippen molar-refractivity contribution in [1.82, 2.24) is 0 Å². The Bertz CT molecular complexity index is 479. The lowest BCUT2D eigenvalue weighted by molar-refractivity contribution is -0.114. The molecule has 0 radical (unpaired) electrons. The Hall–Kier alpha value is -1.97. The second kappa shape index (κ2) is 3.56. The van der Waals surface area contributed by atoms with Crippen molar-refractivity contribution in [3.8, 4) is 11.5 Å². The van der Waals surface area contributed by atoms with E-state index in [1.54, 1.807) is 6.08 Å². The monoisotopic (exact) mass is 217 g/mol. The van der Waals surface area contributed by atoms with Gasteiger partial charge in [-0.3, -0.25) is 4.79 Å². The lowest BCUT2D eigenvalue weighted by Crippen LogP contribution is -1.96. The zero-order chi connectivity index (χ0) is 11.0. The molecule has 0 spiro atoms. The lowest BCUT2D eigenvalue weighted by atomic mass is 10.2. The van der Waals surface area contributed by atoms with Gasteiger partial charge in [0.25, 0.3) is 0 Å². The number of carbonyl (C=O) groups is 1. The van der Waals surface area contributed by atoms with Gasteiger partial charge >= 0.3 is 0 Å². The molecule has 82 valence electrons. The fourth-order valence-corrected chi connectivity index (χ4v) is 1.85. The molecule has 0 saturated heterocycles. The van der Waals surface area contributed by atoms with Gasteiger partial charge in [-0.2, -0.15) is 0 Å². The third kappa shape index (κ3) is 1.62. The summed E-state index contributed by atoms with van der Waals surface area (Å²) in [7, 11) is 0. The first kappa shape index (κ1) is 9.27. The molecule has 2 aliphatic rings. The molecule has 16 heavy (non-hydrogen) atoms. The maximum absolute atomic E-state index is 11.1. The molecule has 1 heterocycles. The normalized spacial score (nSPS) is 17.5. The zero-order valence-corrected chi connectivity index (χ0v) is 8.66. The Morgan fingerprint density at radius 3 is 2.81 bits per heavy atom. The number of ketones is 1. The number of ether oxygens (including phenoxy) is 2. The first-order valence-electron chi connectivity index (χ1n) is 5.21. The highest BCUT2D eigenvalue weighted by molar-refractivity contribution is 5.93. The number of benzene rings is 1. The number of hydrogen-bond acceptors (Lipinski definition) is 4. The molecule has 1 aromatic carbocycles. The number of carbonyl (C=O) groups excluding carboxylic acids is 1. The van der Waals surface area contributed by atoms with Crippen molar-refractivity contribution in [3.05, 3.63) is 30.0 Å². The minimum Gasteiger partial charge on any atom is -0.454 e. The fraction of sp³-hybridized carbons (Fsp3) is 0.250. The molecule has 0 fully saturated rings. The molecule has 1 aliphatic carbocycles. The Kier molecular flexibility index (Phi) is 2.06. The summed E-state index contributed by atoms with van der Waals surface area (Å²) in [6.45, 7) is 0.278. The molecular formula is C12H11NO3. The van der Waals surface area contributed by atoms with Crippen molar-refractivity contribution in [2.24, 2.45) is 0 Å². The number of rotatable bonds is 2. The molecule has 0 unspecified atom stereocenters. The zero-order valence-electron chi connectivity index (χ0n) is 8.66. The van der Waals surface area contributed by atoms with E-state index in [0.29, 0.717) is 6.42 Å². The summed E-state index contributed by atoms with van der Waals surface area (Å²) in [5, 5.41) is 3.21. The fourth-order valence-electron chi connectivity index (χ4n) is 1.85. The Balaban J connectivity index is 1.80. The average molecular weight is 217 g/mol. The molecule has 1 N–H and O–H groups in total. The minimum atomic E-state index is 0.184. The van der Waals surface area contributed by atoms with Crippen molar-refractivity contribution < 1.29 is 14.3 Å². The predicted octanol–water partition coefficient (Wildman–Crippen LogP) is 2.07. The topological polar surface area (TPSA) is 47.6 Å². The Morgan fingerprint density at radius 2 is 2.00 bits per heavy atom. The minimum absolute atomic E-state index is 0.184. The van der Waals surface area contributed by atoms with Crippen LogP contribution in [0.3, 0.4) is 0 Å². The second-order valence-corrected chi connectivity index (χ2v) is 3.83. The quantitative estimate of drug-likeness (QED) is 0.823. The summed E-state index contributed by atoms with van der Waals surface area (Å²) in [6.07, 6.45) is 3.05. The highest BCUT2D eigenvalue weighted by Crippen LogP contribution is 2.34. The molecule has 3 rings (SSSR count). The van der Waals surface area contributed by atoms with E-state index >= 15 is 0 Å². The van der Waals surface area contributed by atoms with Crippen LogP contribution >= 0.6 is 0 Å². The smallest absolute Gasteiger partial charge is 0.231 e. The Morgan fingerprint density at radius 1 is 1.12 bits per heavy atom. The van der Waals surface area contributed by atoms with Crippen LogP contribution in [0, 0.1) is 0 Å². The highest BCUT2D eigenvalue weighted by Gasteiger charge is 2.15. The van der Waals surface area contributed by atoms with Gasteiger partial charge in [0, 0.05) is 29.9 Å². The van der Waals surface area contributed by atoms with E-state index in [2.05, 4.69) is 5.32 Å². The average Bonchev–Trinajstić information content (AvgIpc) is 2.87. The molecule has 0 amide bonds. The number of anilines is 1. The lowest BCUT2D eigenvalue weighted by Gasteiger charge is -2.07. The summed E-state index contributed by atoms with van der Waals surface area (Å²) < 4.78 is 10.5. The van der Waals surface area contributed by atoms with Gasteiger partial charge in [0.15, 0.2) is 17.3 Å². The molecule has 4 heteroatoms. The van der Waals surface area contributed by atoms with Crippen molar-refractivity contribution in [2.75, 3.05) is 12.1 Å². The van der Waals surface area contributed by atoms with E-state index < -0.39 is 0 Å². The third-order valence-corrected chi connectivity index (χ3v) is 2.65. The first-order chi connectivity index (χ1) is 7.81. The molecule has 0 atom stereocenters. The van der Waals surface area contributed by atoms with Gasteiger partial charge < -0.3 is 14.8 Å². The maximum atomic E-state index is 11.1. The van der Waals surface area contributed by atoms with Gasteiger partial charge in [0.05, 0.1) is 0 Å².